The minimum atomic E-state index is 0.498. The summed E-state index contributed by atoms with van der Waals surface area (Å²) < 4.78 is 9.08. The Labute approximate surface area is 287 Å². The second kappa shape index (κ2) is 11.4. The Balaban J connectivity index is 1.20. The lowest BCUT2D eigenvalue weighted by Crippen LogP contribution is -2.01. The third-order valence-electron chi connectivity index (χ3n) is 9.30. The van der Waals surface area contributed by atoms with E-state index in [-0.39, 0.29) is 0 Å². The summed E-state index contributed by atoms with van der Waals surface area (Å²) in [6.45, 7) is 0. The van der Waals surface area contributed by atoms with E-state index in [9.17, 15) is 0 Å². The van der Waals surface area contributed by atoms with Crippen molar-refractivity contribution in [1.29, 1.82) is 0 Å². The van der Waals surface area contributed by atoms with Gasteiger partial charge in [-0.1, -0.05) is 103 Å². The van der Waals surface area contributed by atoms with Gasteiger partial charge in [0.15, 0.2) is 17.5 Å². The topological polar surface area (TPSA) is 69.6 Å². The Bertz CT molecular complexity index is 2860. The number of nitrogens with zero attached hydrogens (tertiary/aromatic N) is 5. The van der Waals surface area contributed by atoms with Crippen molar-refractivity contribution in [3.8, 4) is 51.1 Å². The minimum absolute atomic E-state index is 0.498. The molecule has 234 valence electrons. The quantitative estimate of drug-likeness (QED) is 0.187. The van der Waals surface area contributed by atoms with Crippen molar-refractivity contribution in [1.82, 2.24) is 24.5 Å². The van der Waals surface area contributed by atoms with E-state index >= 15 is 0 Å². The maximum Gasteiger partial charge on any atom is 0.182 e. The van der Waals surface area contributed by atoms with Gasteiger partial charge in [0, 0.05) is 45.1 Å². The molecule has 0 aliphatic carbocycles. The molecule has 6 aromatic carbocycles. The standard InChI is InChI=1S/C44H27N5O/c1-3-13-28(14-4-1)29-15-11-16-30(25-29)42-46-43(48-44(47-42)37-22-9-10-24-45-37)34-21-12-20-33-36-26-35-32-19-7-8-23-38(32)49(31-17-5-2-6-18-31)39(35)27-40(36)50-41(33)34/h1-27H. The van der Waals surface area contributed by atoms with Gasteiger partial charge in [-0.2, -0.15) is 0 Å². The van der Waals surface area contributed by atoms with Gasteiger partial charge >= 0.3 is 0 Å². The first-order valence-electron chi connectivity index (χ1n) is 16.6. The molecule has 0 spiro atoms. The molecule has 0 aliphatic heterocycles. The molecule has 0 saturated carbocycles. The molecule has 10 rings (SSSR count). The molecule has 0 unspecified atom stereocenters. The van der Waals surface area contributed by atoms with E-state index in [1.54, 1.807) is 6.20 Å². The predicted molar refractivity (Wildman–Crippen MR) is 201 cm³/mol. The van der Waals surface area contributed by atoms with E-state index in [0.717, 1.165) is 60.9 Å². The molecule has 10 aromatic rings. The first-order valence-corrected chi connectivity index (χ1v) is 16.6. The van der Waals surface area contributed by atoms with Crippen LogP contribution in [-0.2, 0) is 0 Å². The second-order valence-electron chi connectivity index (χ2n) is 12.3. The zero-order valence-electron chi connectivity index (χ0n) is 26.7. The van der Waals surface area contributed by atoms with Gasteiger partial charge in [-0.25, -0.2) is 15.0 Å². The van der Waals surface area contributed by atoms with Crippen LogP contribution in [0, 0.1) is 0 Å². The lowest BCUT2D eigenvalue weighted by molar-refractivity contribution is 0.670. The van der Waals surface area contributed by atoms with Crippen molar-refractivity contribution in [2.75, 3.05) is 0 Å². The van der Waals surface area contributed by atoms with Gasteiger partial charge in [-0.3, -0.25) is 4.98 Å². The lowest BCUT2D eigenvalue weighted by Gasteiger charge is -2.09. The Kier molecular flexibility index (Phi) is 6.39. The van der Waals surface area contributed by atoms with Crippen LogP contribution in [0.5, 0.6) is 0 Å². The summed E-state index contributed by atoms with van der Waals surface area (Å²) in [6.07, 6.45) is 1.75. The predicted octanol–water partition coefficient (Wildman–Crippen LogP) is 10.9. The van der Waals surface area contributed by atoms with Crippen LogP contribution in [0.3, 0.4) is 0 Å². The van der Waals surface area contributed by atoms with Crippen molar-refractivity contribution in [3.63, 3.8) is 0 Å². The smallest absolute Gasteiger partial charge is 0.182 e. The fourth-order valence-corrected chi connectivity index (χ4v) is 6.99. The molecule has 0 radical (unpaired) electrons. The Morgan fingerprint density at radius 3 is 2.00 bits per heavy atom. The Hall–Kier alpha value is -6.92. The summed E-state index contributed by atoms with van der Waals surface area (Å²) in [5, 5.41) is 4.41. The highest BCUT2D eigenvalue weighted by Crippen LogP contribution is 2.40. The average Bonchev–Trinajstić information content (AvgIpc) is 3.72. The number of rotatable bonds is 5. The number of pyridine rings is 1. The van der Waals surface area contributed by atoms with Gasteiger partial charge in [0.05, 0.1) is 16.6 Å². The molecule has 6 nitrogen and oxygen atoms in total. The summed E-state index contributed by atoms with van der Waals surface area (Å²) in [5.41, 5.74) is 9.44. The van der Waals surface area contributed by atoms with Crippen LogP contribution < -0.4 is 0 Å². The number of benzene rings is 6. The van der Waals surface area contributed by atoms with E-state index in [2.05, 4.69) is 101 Å². The van der Waals surface area contributed by atoms with E-state index in [1.165, 1.54) is 10.8 Å². The lowest BCUT2D eigenvalue weighted by atomic mass is 10.0. The summed E-state index contributed by atoms with van der Waals surface area (Å²) in [6, 6.07) is 54.0. The molecule has 0 fully saturated rings. The van der Waals surface area contributed by atoms with E-state index in [4.69, 9.17) is 19.4 Å². The van der Waals surface area contributed by atoms with Crippen LogP contribution in [0.1, 0.15) is 0 Å². The van der Waals surface area contributed by atoms with Gasteiger partial charge < -0.3 is 8.98 Å². The first kappa shape index (κ1) is 28.1. The molecule has 4 aromatic heterocycles. The average molecular weight is 642 g/mol. The van der Waals surface area contributed by atoms with Crippen LogP contribution in [0.25, 0.3) is 94.9 Å². The number of hydrogen-bond donors (Lipinski definition) is 0. The van der Waals surface area contributed by atoms with E-state index < -0.39 is 0 Å². The largest absolute Gasteiger partial charge is 0.455 e. The molecule has 0 aliphatic rings. The van der Waals surface area contributed by atoms with Crippen molar-refractivity contribution in [3.05, 3.63) is 164 Å². The molecular weight excluding hydrogens is 615 g/mol. The number of hydrogen-bond acceptors (Lipinski definition) is 5. The highest BCUT2D eigenvalue weighted by atomic mass is 16.3. The van der Waals surface area contributed by atoms with Crippen LogP contribution >= 0.6 is 0 Å². The van der Waals surface area contributed by atoms with Gasteiger partial charge in [0.2, 0.25) is 0 Å². The molecular formula is C44H27N5O. The highest BCUT2D eigenvalue weighted by molar-refractivity contribution is 6.18. The molecule has 0 N–H and O–H groups in total. The second-order valence-corrected chi connectivity index (χ2v) is 12.3. The normalized spacial score (nSPS) is 11.6. The number of furan rings is 1. The molecule has 6 heteroatoms. The monoisotopic (exact) mass is 641 g/mol. The molecule has 0 amide bonds. The van der Waals surface area contributed by atoms with Crippen LogP contribution in [0.4, 0.5) is 0 Å². The fraction of sp³-hybridized carbons (Fsp3) is 0. The third kappa shape index (κ3) is 4.58. The Morgan fingerprint density at radius 2 is 1.14 bits per heavy atom. The summed E-state index contributed by atoms with van der Waals surface area (Å²) >= 11 is 0. The summed E-state index contributed by atoms with van der Waals surface area (Å²) in [5.74, 6) is 1.59. The molecule has 0 atom stereocenters. The number of aromatic nitrogens is 5. The highest BCUT2D eigenvalue weighted by Gasteiger charge is 2.20. The van der Waals surface area contributed by atoms with Crippen molar-refractivity contribution in [2.45, 2.75) is 0 Å². The molecule has 0 bridgehead atoms. The minimum Gasteiger partial charge on any atom is -0.455 e. The van der Waals surface area contributed by atoms with Crippen LogP contribution in [0.15, 0.2) is 168 Å². The number of para-hydroxylation sites is 3. The van der Waals surface area contributed by atoms with E-state index in [1.807, 2.05) is 66.7 Å². The summed E-state index contributed by atoms with van der Waals surface area (Å²) in [7, 11) is 0. The molecule has 4 heterocycles. The van der Waals surface area contributed by atoms with E-state index in [0.29, 0.717) is 23.2 Å². The van der Waals surface area contributed by atoms with Gasteiger partial charge in [0.25, 0.3) is 0 Å². The van der Waals surface area contributed by atoms with Gasteiger partial charge in [0.1, 0.15) is 16.9 Å². The third-order valence-corrected chi connectivity index (χ3v) is 9.30. The fourth-order valence-electron chi connectivity index (χ4n) is 6.99. The molecule has 0 saturated heterocycles. The van der Waals surface area contributed by atoms with Crippen LogP contribution in [0.2, 0.25) is 0 Å². The molecule has 50 heavy (non-hydrogen) atoms. The maximum absolute atomic E-state index is 6.77. The van der Waals surface area contributed by atoms with Crippen molar-refractivity contribution >= 4 is 43.7 Å². The Morgan fingerprint density at radius 1 is 0.440 bits per heavy atom. The zero-order chi connectivity index (χ0) is 33.0. The van der Waals surface area contributed by atoms with Gasteiger partial charge in [-0.15, -0.1) is 0 Å². The van der Waals surface area contributed by atoms with Crippen molar-refractivity contribution in [2.24, 2.45) is 0 Å². The van der Waals surface area contributed by atoms with Crippen molar-refractivity contribution < 1.29 is 4.42 Å². The number of fused-ring (bicyclic) bond motifs is 6. The summed E-state index contributed by atoms with van der Waals surface area (Å²) in [4.78, 5) is 19.6. The first-order chi connectivity index (χ1) is 24.8. The van der Waals surface area contributed by atoms with Gasteiger partial charge in [-0.05, 0) is 59.7 Å². The SMILES string of the molecule is c1ccc(-c2cccc(-c3nc(-c4ccccn4)nc(-c4cccc5c4oc4cc6c(cc45)c4ccccc4n6-c4ccccc4)n3)c2)cc1. The maximum atomic E-state index is 6.77. The zero-order valence-corrected chi connectivity index (χ0v) is 26.7. The van der Waals surface area contributed by atoms with Crippen LogP contribution in [-0.4, -0.2) is 24.5 Å².